The zero-order chi connectivity index (χ0) is 18.3. The van der Waals surface area contributed by atoms with Crippen LogP contribution in [0.5, 0.6) is 5.75 Å². The second-order valence-electron chi connectivity index (χ2n) is 6.07. The third-order valence-electron chi connectivity index (χ3n) is 4.47. The van der Waals surface area contributed by atoms with Gasteiger partial charge in [-0.05, 0) is 24.3 Å². The predicted octanol–water partition coefficient (Wildman–Crippen LogP) is 2.46. The van der Waals surface area contributed by atoms with Crippen LogP contribution in [0, 0.1) is 5.82 Å². The van der Waals surface area contributed by atoms with Crippen LogP contribution in [-0.2, 0) is 4.79 Å². The van der Waals surface area contributed by atoms with Crippen LogP contribution in [0.1, 0.15) is 10.4 Å². The maximum atomic E-state index is 14.1. The molecule has 26 heavy (non-hydrogen) atoms. The van der Waals surface area contributed by atoms with E-state index in [1.807, 2.05) is 6.07 Å². The highest BCUT2D eigenvalue weighted by molar-refractivity contribution is 6.09. The highest BCUT2D eigenvalue weighted by Gasteiger charge is 2.31. The van der Waals surface area contributed by atoms with Crippen LogP contribution >= 0.6 is 0 Å². The Balaban J connectivity index is 1.61. The van der Waals surface area contributed by atoms with Gasteiger partial charge in [0, 0.05) is 24.1 Å². The van der Waals surface area contributed by atoms with Crippen molar-refractivity contribution in [3.63, 3.8) is 0 Å². The SMILES string of the molecule is CN1C(=O)[C@@H](NC(=O)c2c[nH]c3cccc(F)c23)COc2ccccc21. The van der Waals surface area contributed by atoms with E-state index in [1.165, 1.54) is 17.2 Å². The summed E-state index contributed by atoms with van der Waals surface area (Å²) in [5.41, 5.74) is 1.30. The summed E-state index contributed by atoms with van der Waals surface area (Å²) in [6, 6.07) is 10.8. The van der Waals surface area contributed by atoms with Gasteiger partial charge in [0.1, 0.15) is 24.2 Å². The topological polar surface area (TPSA) is 74.4 Å². The number of anilines is 1. The highest BCUT2D eigenvalue weighted by Crippen LogP contribution is 2.30. The molecule has 7 heteroatoms. The van der Waals surface area contributed by atoms with Gasteiger partial charge < -0.3 is 19.9 Å². The van der Waals surface area contributed by atoms with E-state index in [9.17, 15) is 14.0 Å². The summed E-state index contributed by atoms with van der Waals surface area (Å²) < 4.78 is 19.8. The molecule has 1 atom stereocenters. The lowest BCUT2D eigenvalue weighted by Gasteiger charge is -2.20. The van der Waals surface area contributed by atoms with Gasteiger partial charge in [-0.2, -0.15) is 0 Å². The molecule has 0 radical (unpaired) electrons. The molecule has 0 saturated heterocycles. The minimum Gasteiger partial charge on any atom is -0.489 e. The van der Waals surface area contributed by atoms with Crippen molar-refractivity contribution >= 4 is 28.4 Å². The van der Waals surface area contributed by atoms with Crippen LogP contribution < -0.4 is 15.0 Å². The van der Waals surface area contributed by atoms with Gasteiger partial charge in [-0.1, -0.05) is 18.2 Å². The summed E-state index contributed by atoms with van der Waals surface area (Å²) in [4.78, 5) is 29.7. The van der Waals surface area contributed by atoms with Gasteiger partial charge in [-0.25, -0.2) is 4.39 Å². The summed E-state index contributed by atoms with van der Waals surface area (Å²) >= 11 is 0. The van der Waals surface area contributed by atoms with E-state index in [1.54, 1.807) is 37.4 Å². The van der Waals surface area contributed by atoms with Crippen molar-refractivity contribution < 1.29 is 18.7 Å². The summed E-state index contributed by atoms with van der Waals surface area (Å²) in [7, 11) is 1.63. The zero-order valence-corrected chi connectivity index (χ0v) is 14.0. The summed E-state index contributed by atoms with van der Waals surface area (Å²) in [6.07, 6.45) is 1.43. The monoisotopic (exact) mass is 353 g/mol. The lowest BCUT2D eigenvalue weighted by Crippen LogP contribution is -2.49. The number of aromatic amines is 1. The van der Waals surface area contributed by atoms with Crippen LogP contribution in [0.15, 0.2) is 48.7 Å². The number of amides is 2. The van der Waals surface area contributed by atoms with Gasteiger partial charge in [0.2, 0.25) is 0 Å². The summed E-state index contributed by atoms with van der Waals surface area (Å²) in [5.74, 6) is -0.772. The number of nitrogens with one attached hydrogen (secondary N) is 2. The lowest BCUT2D eigenvalue weighted by molar-refractivity contribution is -0.120. The molecule has 4 rings (SSSR count). The predicted molar refractivity (Wildman–Crippen MR) is 94.9 cm³/mol. The molecule has 2 aromatic carbocycles. The van der Waals surface area contributed by atoms with E-state index in [-0.39, 0.29) is 23.5 Å². The smallest absolute Gasteiger partial charge is 0.254 e. The minimum absolute atomic E-state index is 0.00321. The highest BCUT2D eigenvalue weighted by atomic mass is 19.1. The van der Waals surface area contributed by atoms with Crippen LogP contribution in [0.2, 0.25) is 0 Å². The third-order valence-corrected chi connectivity index (χ3v) is 4.47. The van der Waals surface area contributed by atoms with E-state index < -0.39 is 17.8 Å². The number of H-pyrrole nitrogens is 1. The van der Waals surface area contributed by atoms with E-state index in [0.29, 0.717) is 17.0 Å². The zero-order valence-electron chi connectivity index (χ0n) is 14.0. The Morgan fingerprint density at radius 1 is 1.27 bits per heavy atom. The van der Waals surface area contributed by atoms with Crippen LogP contribution in [-0.4, -0.2) is 36.5 Å². The van der Waals surface area contributed by atoms with Crippen molar-refractivity contribution in [2.24, 2.45) is 0 Å². The second-order valence-corrected chi connectivity index (χ2v) is 6.07. The van der Waals surface area contributed by atoms with Crippen molar-refractivity contribution in [1.29, 1.82) is 0 Å². The molecule has 2 heterocycles. The normalized spacial score (nSPS) is 16.8. The molecular weight excluding hydrogens is 337 g/mol. The van der Waals surface area contributed by atoms with E-state index >= 15 is 0 Å². The van der Waals surface area contributed by atoms with Gasteiger partial charge >= 0.3 is 0 Å². The van der Waals surface area contributed by atoms with Crippen molar-refractivity contribution in [2.75, 3.05) is 18.6 Å². The molecule has 0 fully saturated rings. The van der Waals surface area contributed by atoms with Crippen LogP contribution in [0.25, 0.3) is 10.9 Å². The quantitative estimate of drug-likeness (QED) is 0.743. The number of aromatic nitrogens is 1. The molecule has 0 bridgehead atoms. The fourth-order valence-corrected chi connectivity index (χ4v) is 3.11. The first-order valence-corrected chi connectivity index (χ1v) is 8.12. The molecule has 6 nitrogen and oxygen atoms in total. The first-order valence-electron chi connectivity index (χ1n) is 8.12. The number of benzene rings is 2. The molecular formula is C19H16FN3O3. The molecule has 2 N–H and O–H groups in total. The van der Waals surface area contributed by atoms with Gasteiger partial charge in [-0.3, -0.25) is 9.59 Å². The maximum Gasteiger partial charge on any atom is 0.254 e. The van der Waals surface area contributed by atoms with Gasteiger partial charge in [-0.15, -0.1) is 0 Å². The first-order chi connectivity index (χ1) is 12.6. The Bertz CT molecular complexity index is 1010. The third kappa shape index (κ3) is 2.57. The molecule has 3 aromatic rings. The Labute approximate surface area is 148 Å². The average molecular weight is 353 g/mol. The van der Waals surface area contributed by atoms with Gasteiger partial charge in [0.15, 0.2) is 0 Å². The number of ether oxygens (including phenoxy) is 1. The largest absolute Gasteiger partial charge is 0.489 e. The number of nitrogens with zero attached hydrogens (tertiary/aromatic N) is 1. The van der Waals surface area contributed by atoms with Crippen molar-refractivity contribution in [3.05, 3.63) is 60.0 Å². The molecule has 1 aliphatic rings. The Morgan fingerprint density at radius 2 is 2.08 bits per heavy atom. The second kappa shape index (κ2) is 6.18. The molecule has 0 saturated carbocycles. The molecule has 0 unspecified atom stereocenters. The lowest BCUT2D eigenvalue weighted by atomic mass is 10.1. The number of hydrogen-bond acceptors (Lipinski definition) is 3. The first kappa shape index (κ1) is 16.1. The number of para-hydroxylation sites is 2. The van der Waals surface area contributed by atoms with E-state index in [2.05, 4.69) is 10.3 Å². The number of halogens is 1. The number of fused-ring (bicyclic) bond motifs is 2. The van der Waals surface area contributed by atoms with E-state index in [4.69, 9.17) is 4.74 Å². The fraction of sp³-hybridized carbons (Fsp3) is 0.158. The number of likely N-dealkylation sites (N-methyl/N-ethyl adjacent to an activating group) is 1. The number of carbonyl (C=O) groups excluding carboxylic acids is 2. The van der Waals surface area contributed by atoms with Crippen LogP contribution in [0.4, 0.5) is 10.1 Å². The maximum absolute atomic E-state index is 14.1. The van der Waals surface area contributed by atoms with Crippen LogP contribution in [0.3, 0.4) is 0 Å². The Hall–Kier alpha value is -3.35. The average Bonchev–Trinajstić information content (AvgIpc) is 3.05. The van der Waals surface area contributed by atoms with Gasteiger partial charge in [0.05, 0.1) is 11.3 Å². The number of rotatable bonds is 2. The van der Waals surface area contributed by atoms with Gasteiger partial charge in [0.25, 0.3) is 11.8 Å². The van der Waals surface area contributed by atoms with Crippen molar-refractivity contribution in [3.8, 4) is 5.75 Å². The Kier molecular flexibility index (Phi) is 3.84. The summed E-state index contributed by atoms with van der Waals surface area (Å²) in [6.45, 7) is -0.00321. The molecule has 1 aliphatic heterocycles. The molecule has 1 aromatic heterocycles. The minimum atomic E-state index is -0.878. The van der Waals surface area contributed by atoms with E-state index in [0.717, 1.165) is 0 Å². The standard InChI is InChI=1S/C19H16FN3O3/c1-23-15-7-2-3-8-16(15)26-10-14(19(23)25)22-18(24)11-9-21-13-6-4-5-12(20)17(11)13/h2-9,14,21H,10H2,1H3,(H,22,24)/t14-/m0/s1. The fourth-order valence-electron chi connectivity index (χ4n) is 3.11. The number of carbonyl (C=O) groups is 2. The van der Waals surface area contributed by atoms with Crippen molar-refractivity contribution in [1.82, 2.24) is 10.3 Å². The molecule has 0 aliphatic carbocycles. The Morgan fingerprint density at radius 3 is 2.92 bits per heavy atom. The van der Waals surface area contributed by atoms with Crippen molar-refractivity contribution in [2.45, 2.75) is 6.04 Å². The molecule has 132 valence electrons. The molecule has 0 spiro atoms. The summed E-state index contributed by atoms with van der Waals surface area (Å²) in [5, 5.41) is 2.85. The number of hydrogen-bond donors (Lipinski definition) is 2. The molecule has 2 amide bonds.